The Morgan fingerprint density at radius 1 is 1.14 bits per heavy atom. The van der Waals surface area contributed by atoms with Crippen LogP contribution >= 0.6 is 24.8 Å². The Hall–Kier alpha value is -0.820. The third-order valence-corrected chi connectivity index (χ3v) is 8.40. The van der Waals surface area contributed by atoms with Gasteiger partial charge in [0.1, 0.15) is 0 Å². The molecule has 2 saturated carbocycles. The number of likely N-dealkylation sites (tertiary alicyclic amines) is 1. The summed E-state index contributed by atoms with van der Waals surface area (Å²) < 4.78 is 0. The van der Waals surface area contributed by atoms with Gasteiger partial charge in [-0.1, -0.05) is 6.42 Å². The van der Waals surface area contributed by atoms with Crippen LogP contribution in [-0.2, 0) is 16.8 Å². The molecule has 6 nitrogen and oxygen atoms in total. The number of nitrogens with zero attached hydrogens (tertiary/aromatic N) is 3. The lowest BCUT2D eigenvalue weighted by molar-refractivity contribution is -0.149. The number of H-pyrrole nitrogens is 1. The van der Waals surface area contributed by atoms with Crippen LogP contribution in [0.25, 0.3) is 0 Å². The number of hydrogen-bond donors (Lipinski definition) is 2. The smallest absolute Gasteiger partial charge is 0.226 e. The molecular weight excluding hydrogens is 409 g/mol. The molecule has 8 heteroatoms. The van der Waals surface area contributed by atoms with Crippen LogP contribution in [0.15, 0.2) is 6.33 Å². The fourth-order valence-electron chi connectivity index (χ4n) is 6.40. The average molecular weight is 442 g/mol. The zero-order chi connectivity index (χ0) is 18.0. The number of fused-ring (bicyclic) bond motifs is 3. The van der Waals surface area contributed by atoms with E-state index in [0.717, 1.165) is 69.5 Å². The molecule has 1 spiro atoms. The van der Waals surface area contributed by atoms with Gasteiger partial charge in [0.25, 0.3) is 0 Å². The number of halogens is 2. The van der Waals surface area contributed by atoms with Crippen LogP contribution in [0.3, 0.4) is 0 Å². The number of carbonyl (C=O) groups excluding carboxylic acids is 1. The van der Waals surface area contributed by atoms with Gasteiger partial charge in [-0.3, -0.25) is 4.79 Å². The lowest BCUT2D eigenvalue weighted by Gasteiger charge is -2.52. The normalized spacial score (nSPS) is 32.6. The molecule has 162 valence electrons. The van der Waals surface area contributed by atoms with Gasteiger partial charge in [0.2, 0.25) is 5.91 Å². The number of imidazole rings is 1. The highest BCUT2D eigenvalue weighted by Gasteiger charge is 2.54. The van der Waals surface area contributed by atoms with E-state index < -0.39 is 0 Å². The summed E-state index contributed by atoms with van der Waals surface area (Å²) >= 11 is 0. The van der Waals surface area contributed by atoms with Crippen molar-refractivity contribution in [1.82, 2.24) is 25.1 Å². The average Bonchev–Trinajstić information content (AvgIpc) is 3.04. The maximum atomic E-state index is 13.3. The molecule has 5 aliphatic rings. The van der Waals surface area contributed by atoms with Gasteiger partial charge in [0.05, 0.1) is 17.6 Å². The van der Waals surface area contributed by atoms with E-state index in [9.17, 15) is 4.79 Å². The van der Waals surface area contributed by atoms with Crippen molar-refractivity contribution in [3.05, 3.63) is 17.7 Å². The Labute approximate surface area is 185 Å². The molecule has 2 aliphatic carbocycles. The summed E-state index contributed by atoms with van der Waals surface area (Å²) in [4.78, 5) is 26.3. The van der Waals surface area contributed by atoms with Crippen LogP contribution in [0.4, 0.5) is 0 Å². The third-order valence-electron chi connectivity index (χ3n) is 8.40. The summed E-state index contributed by atoms with van der Waals surface area (Å²) in [5.74, 6) is 3.47. The van der Waals surface area contributed by atoms with Gasteiger partial charge in [-0.15, -0.1) is 24.8 Å². The molecule has 1 aromatic heterocycles. The van der Waals surface area contributed by atoms with Crippen molar-refractivity contribution >= 4 is 30.7 Å². The molecule has 4 fully saturated rings. The predicted molar refractivity (Wildman–Crippen MR) is 117 cm³/mol. The minimum absolute atomic E-state index is 0. The fourth-order valence-corrected chi connectivity index (χ4v) is 6.40. The summed E-state index contributed by atoms with van der Waals surface area (Å²) in [5, 5.41) is 3.51. The molecule has 1 aromatic rings. The van der Waals surface area contributed by atoms with Crippen LogP contribution in [0.1, 0.15) is 43.5 Å². The standard InChI is InChI=1S/C21H31N5O.2ClH/c27-20(14-2-1-3-14)26-7-4-18-19(24-13-23-18)21(26)5-8-25(9-6-21)12-17-15-10-22-11-16(15)17;;/h13-17,22H,1-12H2,(H,23,24);2*1H/t15-,16+,17?;;. The molecular formula is C21H33Cl2N5O. The monoisotopic (exact) mass is 441 g/mol. The first-order valence-corrected chi connectivity index (χ1v) is 11.0. The summed E-state index contributed by atoms with van der Waals surface area (Å²) in [5.41, 5.74) is 2.29. The second-order valence-corrected chi connectivity index (χ2v) is 9.58. The number of aromatic amines is 1. The van der Waals surface area contributed by atoms with Gasteiger partial charge < -0.3 is 20.1 Å². The maximum absolute atomic E-state index is 13.3. The van der Waals surface area contributed by atoms with Gasteiger partial charge >= 0.3 is 0 Å². The molecule has 2 N–H and O–H groups in total. The van der Waals surface area contributed by atoms with Gasteiger partial charge in [0, 0.05) is 44.2 Å². The Kier molecular flexibility index (Phi) is 5.93. The quantitative estimate of drug-likeness (QED) is 0.754. The van der Waals surface area contributed by atoms with E-state index in [4.69, 9.17) is 4.98 Å². The van der Waals surface area contributed by atoms with Gasteiger partial charge in [-0.05, 0) is 56.5 Å². The first-order valence-electron chi connectivity index (χ1n) is 11.0. The van der Waals surface area contributed by atoms with Crippen molar-refractivity contribution in [1.29, 1.82) is 0 Å². The van der Waals surface area contributed by atoms with Crippen molar-refractivity contribution in [2.24, 2.45) is 23.7 Å². The largest absolute Gasteiger partial charge is 0.348 e. The second kappa shape index (κ2) is 8.03. The number of aromatic nitrogens is 2. The second-order valence-electron chi connectivity index (χ2n) is 9.58. The summed E-state index contributed by atoms with van der Waals surface area (Å²) in [6.07, 6.45) is 8.25. The molecule has 1 amide bonds. The molecule has 0 radical (unpaired) electrons. The number of amides is 1. The van der Waals surface area contributed by atoms with E-state index in [1.165, 1.54) is 37.4 Å². The minimum Gasteiger partial charge on any atom is -0.348 e. The van der Waals surface area contributed by atoms with Gasteiger partial charge in [-0.2, -0.15) is 0 Å². The fraction of sp³-hybridized carbons (Fsp3) is 0.810. The van der Waals surface area contributed by atoms with Crippen molar-refractivity contribution in [3.8, 4) is 0 Å². The van der Waals surface area contributed by atoms with Crippen LogP contribution < -0.4 is 5.32 Å². The first-order chi connectivity index (χ1) is 13.3. The van der Waals surface area contributed by atoms with Crippen LogP contribution in [0.5, 0.6) is 0 Å². The molecule has 0 bridgehead atoms. The Morgan fingerprint density at radius 3 is 2.52 bits per heavy atom. The molecule has 0 aromatic carbocycles. The van der Waals surface area contributed by atoms with Crippen LogP contribution in [0, 0.1) is 23.7 Å². The molecule has 29 heavy (non-hydrogen) atoms. The zero-order valence-corrected chi connectivity index (χ0v) is 18.6. The summed E-state index contributed by atoms with van der Waals surface area (Å²) in [7, 11) is 0. The van der Waals surface area contributed by atoms with Crippen LogP contribution in [0.2, 0.25) is 0 Å². The Balaban J connectivity index is 0.00000102. The number of nitrogens with one attached hydrogen (secondary N) is 2. The Bertz CT molecular complexity index is 733. The van der Waals surface area contributed by atoms with Crippen molar-refractivity contribution in [2.75, 3.05) is 39.3 Å². The van der Waals surface area contributed by atoms with E-state index in [-0.39, 0.29) is 36.3 Å². The number of rotatable bonds is 3. The predicted octanol–water partition coefficient (Wildman–Crippen LogP) is 2.19. The van der Waals surface area contributed by atoms with E-state index >= 15 is 0 Å². The van der Waals surface area contributed by atoms with Crippen LogP contribution in [-0.4, -0.2) is 64.9 Å². The molecule has 6 rings (SSSR count). The highest BCUT2D eigenvalue weighted by atomic mass is 35.5. The lowest BCUT2D eigenvalue weighted by Crippen LogP contribution is -2.60. The molecule has 1 unspecified atom stereocenters. The Morgan fingerprint density at radius 2 is 1.86 bits per heavy atom. The van der Waals surface area contributed by atoms with Gasteiger partial charge in [0.15, 0.2) is 0 Å². The third kappa shape index (κ3) is 3.31. The molecule has 4 heterocycles. The van der Waals surface area contributed by atoms with E-state index in [2.05, 4.69) is 20.1 Å². The number of hydrogen-bond acceptors (Lipinski definition) is 4. The molecule has 3 aliphatic heterocycles. The van der Waals surface area contributed by atoms with E-state index in [1.54, 1.807) is 0 Å². The summed E-state index contributed by atoms with van der Waals surface area (Å²) in [6, 6.07) is 0. The lowest BCUT2D eigenvalue weighted by atomic mass is 9.76. The summed E-state index contributed by atoms with van der Waals surface area (Å²) in [6.45, 7) is 6.79. The highest BCUT2D eigenvalue weighted by Crippen LogP contribution is 2.50. The zero-order valence-electron chi connectivity index (χ0n) is 16.9. The SMILES string of the molecule is Cl.Cl.O=C(C1CCC1)N1CCc2[nH]cnc2C12CCN(CC1[C@H]3CNC[C@@H]13)CC2. The highest BCUT2D eigenvalue weighted by molar-refractivity contribution is 5.85. The molecule has 2 saturated heterocycles. The van der Waals surface area contributed by atoms with Gasteiger partial charge in [-0.25, -0.2) is 4.98 Å². The maximum Gasteiger partial charge on any atom is 0.226 e. The van der Waals surface area contributed by atoms with Crippen molar-refractivity contribution in [2.45, 2.75) is 44.1 Å². The van der Waals surface area contributed by atoms with E-state index in [1.807, 2.05) is 6.33 Å². The van der Waals surface area contributed by atoms with E-state index in [0.29, 0.717) is 5.91 Å². The number of carbonyl (C=O) groups is 1. The van der Waals surface area contributed by atoms with Crippen molar-refractivity contribution in [3.63, 3.8) is 0 Å². The molecule has 3 atom stereocenters. The minimum atomic E-state index is -0.155. The number of piperidine rings is 2. The van der Waals surface area contributed by atoms with Crippen molar-refractivity contribution < 1.29 is 4.79 Å². The topological polar surface area (TPSA) is 64.3 Å². The first kappa shape index (κ1) is 21.4.